The normalized spacial score (nSPS) is 12.7. The van der Waals surface area contributed by atoms with Crippen molar-refractivity contribution in [2.45, 2.75) is 20.0 Å². The minimum Gasteiger partial charge on any atom is -0.368 e. The number of hydrogen-bond donors (Lipinski definition) is 1. The molecule has 0 spiro atoms. The number of anilines is 1. The van der Waals surface area contributed by atoms with Gasteiger partial charge in [-0.1, -0.05) is 48.5 Å². The fourth-order valence-electron chi connectivity index (χ4n) is 4.92. The molecule has 2 amide bonds. The van der Waals surface area contributed by atoms with Gasteiger partial charge in [0.2, 0.25) is 5.95 Å². The maximum Gasteiger partial charge on any atom is 0.273 e. The number of likely N-dealkylation sites (N-methyl/N-ethyl adjacent to an activating group) is 2. The summed E-state index contributed by atoms with van der Waals surface area (Å²) in [5, 5.41) is 0.611. The summed E-state index contributed by atoms with van der Waals surface area (Å²) in [6, 6.07) is 21.3. The summed E-state index contributed by atoms with van der Waals surface area (Å²) >= 11 is 0. The van der Waals surface area contributed by atoms with Gasteiger partial charge >= 0.3 is 0 Å². The highest BCUT2D eigenvalue weighted by atomic mass is 16.2. The second-order valence-electron chi connectivity index (χ2n) is 9.83. The second-order valence-corrected chi connectivity index (χ2v) is 9.83. The van der Waals surface area contributed by atoms with Crippen molar-refractivity contribution in [1.82, 2.24) is 24.7 Å². The Labute approximate surface area is 222 Å². The maximum absolute atomic E-state index is 13.7. The van der Waals surface area contributed by atoms with Crippen molar-refractivity contribution in [3.63, 3.8) is 0 Å². The third kappa shape index (κ3) is 4.95. The van der Waals surface area contributed by atoms with Crippen LogP contribution in [-0.4, -0.2) is 70.2 Å². The van der Waals surface area contributed by atoms with Crippen LogP contribution in [0.15, 0.2) is 66.7 Å². The van der Waals surface area contributed by atoms with E-state index in [1.165, 1.54) is 0 Å². The van der Waals surface area contributed by atoms with Gasteiger partial charge in [-0.2, -0.15) is 0 Å². The Morgan fingerprint density at radius 1 is 0.921 bits per heavy atom. The highest BCUT2D eigenvalue weighted by Crippen LogP contribution is 2.31. The first-order valence-electron chi connectivity index (χ1n) is 12.8. The summed E-state index contributed by atoms with van der Waals surface area (Å²) in [6.45, 7) is 5.07. The minimum atomic E-state index is -0.192. The molecule has 1 aliphatic heterocycles. The van der Waals surface area contributed by atoms with E-state index < -0.39 is 0 Å². The highest BCUT2D eigenvalue weighted by Gasteiger charge is 2.27. The summed E-state index contributed by atoms with van der Waals surface area (Å²) in [7, 11) is 3.99. The van der Waals surface area contributed by atoms with Crippen LogP contribution < -0.4 is 5.73 Å². The molecule has 8 heteroatoms. The Hall–Kier alpha value is -4.30. The van der Waals surface area contributed by atoms with Gasteiger partial charge < -0.3 is 20.4 Å². The molecule has 0 aliphatic carbocycles. The number of carbonyl (C=O) groups is 2. The fourth-order valence-corrected chi connectivity index (χ4v) is 4.92. The average Bonchev–Trinajstić information content (AvgIpc) is 3.36. The summed E-state index contributed by atoms with van der Waals surface area (Å²) in [4.78, 5) is 41.7. The van der Waals surface area contributed by atoms with E-state index in [-0.39, 0.29) is 23.5 Å². The Bertz CT molecular complexity index is 1490. The molecule has 1 aromatic heterocycles. The Morgan fingerprint density at radius 3 is 2.29 bits per heavy atom. The SMILES string of the molecule is CCN(CCN(C)C)C(=O)c1ccccc1-c1ccc2nc(N)nc(C(=O)N3Cc4ccccc4C3)c2c1. The Balaban J connectivity index is 1.53. The zero-order chi connectivity index (χ0) is 26.8. The van der Waals surface area contributed by atoms with Crippen LogP contribution in [0, 0.1) is 0 Å². The van der Waals surface area contributed by atoms with Crippen molar-refractivity contribution >= 4 is 28.7 Å². The van der Waals surface area contributed by atoms with Gasteiger partial charge in [0.05, 0.1) is 5.52 Å². The average molecular weight is 509 g/mol. The fraction of sp³-hybridized carbons (Fsp3) is 0.267. The van der Waals surface area contributed by atoms with Gasteiger partial charge in [0.15, 0.2) is 0 Å². The molecule has 0 saturated carbocycles. The van der Waals surface area contributed by atoms with Gasteiger partial charge in [-0.05, 0) is 61.5 Å². The zero-order valence-corrected chi connectivity index (χ0v) is 22.0. The van der Waals surface area contributed by atoms with Crippen LogP contribution in [0.1, 0.15) is 38.9 Å². The van der Waals surface area contributed by atoms with E-state index in [0.717, 1.165) is 28.8 Å². The van der Waals surface area contributed by atoms with Crippen molar-refractivity contribution in [2.75, 3.05) is 39.5 Å². The standard InChI is InChI=1S/C30H32N6O2/c1-4-35(16-15-34(2)3)28(37)24-12-8-7-11-23(24)20-13-14-26-25(17-20)27(33-30(31)32-26)29(38)36-18-21-9-5-6-10-22(21)19-36/h5-14,17H,4,15-16,18-19H2,1-3H3,(H2,31,32,33). The molecule has 4 aromatic rings. The first-order valence-corrected chi connectivity index (χ1v) is 12.8. The van der Waals surface area contributed by atoms with E-state index in [2.05, 4.69) is 14.9 Å². The predicted molar refractivity (Wildman–Crippen MR) is 150 cm³/mol. The topological polar surface area (TPSA) is 95.7 Å². The number of rotatable bonds is 7. The lowest BCUT2D eigenvalue weighted by atomic mass is 9.97. The van der Waals surface area contributed by atoms with Crippen molar-refractivity contribution < 1.29 is 9.59 Å². The lowest BCUT2D eigenvalue weighted by Crippen LogP contribution is -2.36. The van der Waals surface area contributed by atoms with Gasteiger partial charge in [0, 0.05) is 43.7 Å². The van der Waals surface area contributed by atoms with E-state index in [9.17, 15) is 9.59 Å². The predicted octanol–water partition coefficient (Wildman–Crippen LogP) is 4.06. The van der Waals surface area contributed by atoms with Gasteiger partial charge in [0.25, 0.3) is 11.8 Å². The van der Waals surface area contributed by atoms with Crippen LogP contribution in [0.25, 0.3) is 22.0 Å². The van der Waals surface area contributed by atoms with Gasteiger partial charge in [-0.3, -0.25) is 9.59 Å². The molecular formula is C30H32N6O2. The first-order chi connectivity index (χ1) is 18.4. The lowest BCUT2D eigenvalue weighted by Gasteiger charge is -2.24. The van der Waals surface area contributed by atoms with E-state index >= 15 is 0 Å². The quantitative estimate of drug-likeness (QED) is 0.405. The van der Waals surface area contributed by atoms with Crippen LogP contribution in [0.3, 0.4) is 0 Å². The van der Waals surface area contributed by atoms with Gasteiger partial charge in [0.1, 0.15) is 5.69 Å². The summed E-state index contributed by atoms with van der Waals surface area (Å²) in [6.07, 6.45) is 0. The Kier molecular flexibility index (Phi) is 7.07. The lowest BCUT2D eigenvalue weighted by molar-refractivity contribution is 0.0743. The largest absolute Gasteiger partial charge is 0.368 e. The second kappa shape index (κ2) is 10.6. The molecule has 1 aliphatic rings. The summed E-state index contributed by atoms with van der Waals surface area (Å²) in [5.41, 5.74) is 11.4. The third-order valence-electron chi connectivity index (χ3n) is 7.00. The molecule has 0 fully saturated rings. The first kappa shape index (κ1) is 25.4. The van der Waals surface area contributed by atoms with Crippen molar-refractivity contribution in [2.24, 2.45) is 0 Å². The molecule has 0 radical (unpaired) electrons. The monoisotopic (exact) mass is 508 g/mol. The molecule has 0 bridgehead atoms. The highest BCUT2D eigenvalue weighted by molar-refractivity contribution is 6.07. The molecule has 0 atom stereocenters. The van der Waals surface area contributed by atoms with Crippen LogP contribution >= 0.6 is 0 Å². The van der Waals surface area contributed by atoms with Crippen LogP contribution in [-0.2, 0) is 13.1 Å². The number of hydrogen-bond acceptors (Lipinski definition) is 6. The van der Waals surface area contributed by atoms with Crippen LogP contribution in [0.5, 0.6) is 0 Å². The Morgan fingerprint density at radius 2 is 1.61 bits per heavy atom. The molecule has 2 N–H and O–H groups in total. The van der Waals surface area contributed by atoms with Gasteiger partial charge in [-0.25, -0.2) is 9.97 Å². The van der Waals surface area contributed by atoms with Gasteiger partial charge in [-0.15, -0.1) is 0 Å². The molecule has 194 valence electrons. The number of nitrogens with two attached hydrogens (primary N) is 1. The van der Waals surface area contributed by atoms with Crippen LogP contribution in [0.4, 0.5) is 5.95 Å². The number of carbonyl (C=O) groups excluding carboxylic acids is 2. The molecule has 8 nitrogen and oxygen atoms in total. The smallest absolute Gasteiger partial charge is 0.273 e. The van der Waals surface area contributed by atoms with Crippen LogP contribution in [0.2, 0.25) is 0 Å². The summed E-state index contributed by atoms with van der Waals surface area (Å²) < 4.78 is 0. The third-order valence-corrected chi connectivity index (χ3v) is 7.00. The van der Waals surface area contributed by atoms with E-state index in [1.54, 1.807) is 4.90 Å². The minimum absolute atomic E-state index is 0.0234. The number of fused-ring (bicyclic) bond motifs is 2. The number of nitrogens with zero attached hydrogens (tertiary/aromatic N) is 5. The molecule has 0 saturated heterocycles. The molecule has 0 unspecified atom stereocenters. The van der Waals surface area contributed by atoms with Crippen molar-refractivity contribution in [1.29, 1.82) is 0 Å². The number of benzene rings is 3. The maximum atomic E-state index is 13.7. The van der Waals surface area contributed by atoms with E-state index in [1.807, 2.05) is 92.6 Å². The number of nitrogen functional groups attached to an aromatic ring is 1. The molecule has 5 rings (SSSR count). The molecule has 38 heavy (non-hydrogen) atoms. The molecular weight excluding hydrogens is 476 g/mol. The van der Waals surface area contributed by atoms with E-state index in [0.29, 0.717) is 42.6 Å². The molecule has 3 aromatic carbocycles. The summed E-state index contributed by atoms with van der Waals surface area (Å²) in [5.74, 6) is -0.159. The molecule has 2 heterocycles. The van der Waals surface area contributed by atoms with Crippen molar-refractivity contribution in [3.8, 4) is 11.1 Å². The van der Waals surface area contributed by atoms with Crippen molar-refractivity contribution in [3.05, 3.63) is 89.1 Å². The van der Waals surface area contributed by atoms with E-state index in [4.69, 9.17) is 5.73 Å². The number of aromatic nitrogens is 2. The zero-order valence-electron chi connectivity index (χ0n) is 22.0. The number of amides is 2.